The van der Waals surface area contributed by atoms with Gasteiger partial charge in [0.15, 0.2) is 0 Å². The van der Waals surface area contributed by atoms with Crippen LogP contribution in [-0.2, 0) is 9.47 Å². The molecule has 1 N–H and O–H groups in total. The lowest BCUT2D eigenvalue weighted by molar-refractivity contribution is -0.00461. The first kappa shape index (κ1) is 14.3. The van der Waals surface area contributed by atoms with E-state index in [0.29, 0.717) is 0 Å². The Balaban J connectivity index is 1.62. The maximum atomic E-state index is 5.47. The summed E-state index contributed by atoms with van der Waals surface area (Å²) in [5.41, 5.74) is 0. The number of hydrogen-bond donors (Lipinski definition) is 1. The van der Waals surface area contributed by atoms with Crippen LogP contribution in [0.4, 0.5) is 0 Å². The lowest BCUT2D eigenvalue weighted by Gasteiger charge is -2.23. The summed E-state index contributed by atoms with van der Waals surface area (Å²) in [7, 11) is 3.57. The molecule has 0 aromatic rings. The highest BCUT2D eigenvalue weighted by Gasteiger charge is 2.32. The van der Waals surface area contributed by atoms with Crippen LogP contribution >= 0.6 is 0 Å². The van der Waals surface area contributed by atoms with Crippen molar-refractivity contribution in [3.8, 4) is 0 Å². The van der Waals surface area contributed by atoms with Gasteiger partial charge in [-0.05, 0) is 51.2 Å². The third kappa shape index (κ3) is 3.92. The van der Waals surface area contributed by atoms with E-state index in [9.17, 15) is 0 Å². The molecule has 2 unspecified atom stereocenters. The zero-order valence-electron chi connectivity index (χ0n) is 11.9. The number of piperidine rings is 1. The van der Waals surface area contributed by atoms with Crippen molar-refractivity contribution in [1.82, 2.24) is 10.2 Å². The molecule has 2 rings (SSSR count). The molecule has 2 fully saturated rings. The Kier molecular flexibility index (Phi) is 5.89. The highest BCUT2D eigenvalue weighted by molar-refractivity contribution is 4.85. The summed E-state index contributed by atoms with van der Waals surface area (Å²) in [5, 5.41) is 3.43. The Morgan fingerprint density at radius 1 is 1.06 bits per heavy atom. The molecule has 0 amide bonds. The Bertz CT molecular complexity index is 220. The number of rotatable bonds is 6. The summed E-state index contributed by atoms with van der Waals surface area (Å²) in [5.74, 6) is 0.949. The second kappa shape index (κ2) is 7.43. The van der Waals surface area contributed by atoms with Gasteiger partial charge in [-0.1, -0.05) is 0 Å². The lowest BCUT2D eigenvalue weighted by Crippen LogP contribution is -2.29. The predicted octanol–water partition coefficient (Wildman–Crippen LogP) is 1.11. The van der Waals surface area contributed by atoms with Crippen LogP contribution in [-0.4, -0.2) is 64.1 Å². The molecule has 4 nitrogen and oxygen atoms in total. The second-order valence-electron chi connectivity index (χ2n) is 5.64. The summed E-state index contributed by atoms with van der Waals surface area (Å²) in [6.07, 6.45) is 5.94. The molecule has 18 heavy (non-hydrogen) atoms. The van der Waals surface area contributed by atoms with Crippen molar-refractivity contribution < 1.29 is 9.47 Å². The summed E-state index contributed by atoms with van der Waals surface area (Å²) in [6, 6.07) is 0. The number of likely N-dealkylation sites (tertiary alicyclic amines) is 1. The van der Waals surface area contributed by atoms with Crippen LogP contribution in [0, 0.1) is 5.92 Å². The zero-order valence-corrected chi connectivity index (χ0v) is 11.9. The maximum absolute atomic E-state index is 5.47. The van der Waals surface area contributed by atoms with E-state index in [-0.39, 0.29) is 12.2 Å². The van der Waals surface area contributed by atoms with Crippen molar-refractivity contribution in [3.05, 3.63) is 0 Å². The summed E-state index contributed by atoms with van der Waals surface area (Å²) in [4.78, 5) is 2.49. The molecule has 2 aliphatic heterocycles. The average molecular weight is 256 g/mol. The molecule has 0 saturated carbocycles. The topological polar surface area (TPSA) is 33.7 Å². The second-order valence-corrected chi connectivity index (χ2v) is 5.64. The first-order valence-electron chi connectivity index (χ1n) is 7.32. The molecule has 4 heteroatoms. The molecule has 0 aliphatic carbocycles. The van der Waals surface area contributed by atoms with Gasteiger partial charge in [-0.2, -0.15) is 0 Å². The monoisotopic (exact) mass is 256 g/mol. The Morgan fingerprint density at radius 3 is 2.22 bits per heavy atom. The van der Waals surface area contributed by atoms with Gasteiger partial charge in [0.2, 0.25) is 0 Å². The van der Waals surface area contributed by atoms with E-state index in [1.807, 2.05) is 0 Å². The van der Waals surface area contributed by atoms with E-state index in [1.54, 1.807) is 14.2 Å². The van der Waals surface area contributed by atoms with Crippen LogP contribution in [0.1, 0.15) is 25.7 Å². The molecular weight excluding hydrogens is 228 g/mol. The van der Waals surface area contributed by atoms with Crippen LogP contribution in [0.15, 0.2) is 0 Å². The highest BCUT2D eigenvalue weighted by Crippen LogP contribution is 2.20. The number of hydrogen-bond acceptors (Lipinski definition) is 4. The predicted molar refractivity (Wildman–Crippen MR) is 72.9 cm³/mol. The van der Waals surface area contributed by atoms with Gasteiger partial charge in [0, 0.05) is 27.3 Å². The summed E-state index contributed by atoms with van der Waals surface area (Å²) < 4.78 is 10.9. The molecule has 106 valence electrons. The molecular formula is C14H28N2O2. The molecule has 2 heterocycles. The molecule has 2 atom stereocenters. The standard InChI is InChI=1S/C14H28N2O2/c1-17-13-10-16(11-14(13)18-2)9-3-4-12-5-7-15-8-6-12/h12-15H,3-11H2,1-2H3. The van der Waals surface area contributed by atoms with Crippen LogP contribution < -0.4 is 5.32 Å². The van der Waals surface area contributed by atoms with E-state index in [1.165, 1.54) is 45.3 Å². The molecule has 2 saturated heterocycles. The normalized spacial score (nSPS) is 31.0. The van der Waals surface area contributed by atoms with Gasteiger partial charge in [0.25, 0.3) is 0 Å². The summed E-state index contributed by atoms with van der Waals surface area (Å²) in [6.45, 7) is 5.68. The van der Waals surface area contributed by atoms with Crippen LogP contribution in [0.2, 0.25) is 0 Å². The quantitative estimate of drug-likeness (QED) is 0.772. The zero-order chi connectivity index (χ0) is 12.8. The van der Waals surface area contributed by atoms with Gasteiger partial charge in [-0.3, -0.25) is 4.90 Å². The van der Waals surface area contributed by atoms with E-state index in [0.717, 1.165) is 19.0 Å². The van der Waals surface area contributed by atoms with Crippen molar-refractivity contribution in [2.24, 2.45) is 5.92 Å². The molecule has 0 bridgehead atoms. The van der Waals surface area contributed by atoms with Gasteiger partial charge < -0.3 is 14.8 Å². The number of nitrogens with one attached hydrogen (secondary N) is 1. The van der Waals surface area contributed by atoms with Crippen molar-refractivity contribution in [1.29, 1.82) is 0 Å². The largest absolute Gasteiger partial charge is 0.377 e. The van der Waals surface area contributed by atoms with Crippen LogP contribution in [0.25, 0.3) is 0 Å². The van der Waals surface area contributed by atoms with Gasteiger partial charge in [0.05, 0.1) is 12.2 Å². The van der Waals surface area contributed by atoms with Gasteiger partial charge in [0.1, 0.15) is 0 Å². The van der Waals surface area contributed by atoms with Crippen molar-refractivity contribution in [3.63, 3.8) is 0 Å². The Morgan fingerprint density at radius 2 is 1.67 bits per heavy atom. The molecule has 0 spiro atoms. The molecule has 0 aromatic heterocycles. The molecule has 0 aromatic carbocycles. The lowest BCUT2D eigenvalue weighted by atomic mass is 9.93. The summed E-state index contributed by atoms with van der Waals surface area (Å²) >= 11 is 0. The number of methoxy groups -OCH3 is 2. The Labute approximate surface area is 111 Å². The smallest absolute Gasteiger partial charge is 0.0971 e. The SMILES string of the molecule is COC1CN(CCCC2CCNCC2)CC1OC. The number of nitrogens with zero attached hydrogens (tertiary/aromatic N) is 1. The first-order valence-corrected chi connectivity index (χ1v) is 7.32. The van der Waals surface area contributed by atoms with Crippen molar-refractivity contribution in [2.45, 2.75) is 37.9 Å². The van der Waals surface area contributed by atoms with Crippen LogP contribution in [0.3, 0.4) is 0 Å². The average Bonchev–Trinajstić information content (AvgIpc) is 2.82. The number of ether oxygens (including phenoxy) is 2. The minimum atomic E-state index is 0.258. The van der Waals surface area contributed by atoms with Crippen molar-refractivity contribution in [2.75, 3.05) is 46.9 Å². The van der Waals surface area contributed by atoms with Crippen LogP contribution in [0.5, 0.6) is 0 Å². The third-order valence-electron chi connectivity index (χ3n) is 4.44. The fraction of sp³-hybridized carbons (Fsp3) is 1.00. The highest BCUT2D eigenvalue weighted by atomic mass is 16.5. The minimum Gasteiger partial charge on any atom is -0.377 e. The van der Waals surface area contributed by atoms with E-state index < -0.39 is 0 Å². The maximum Gasteiger partial charge on any atom is 0.0971 e. The van der Waals surface area contributed by atoms with E-state index >= 15 is 0 Å². The minimum absolute atomic E-state index is 0.258. The van der Waals surface area contributed by atoms with E-state index in [4.69, 9.17) is 9.47 Å². The fourth-order valence-electron chi connectivity index (χ4n) is 3.23. The fourth-order valence-corrected chi connectivity index (χ4v) is 3.23. The first-order chi connectivity index (χ1) is 8.83. The van der Waals surface area contributed by atoms with Gasteiger partial charge in [-0.25, -0.2) is 0 Å². The van der Waals surface area contributed by atoms with E-state index in [2.05, 4.69) is 10.2 Å². The van der Waals surface area contributed by atoms with Gasteiger partial charge >= 0.3 is 0 Å². The van der Waals surface area contributed by atoms with Crippen molar-refractivity contribution >= 4 is 0 Å². The van der Waals surface area contributed by atoms with Gasteiger partial charge in [-0.15, -0.1) is 0 Å². The Hall–Kier alpha value is -0.160. The molecule has 2 aliphatic rings. The third-order valence-corrected chi connectivity index (χ3v) is 4.44. The molecule has 0 radical (unpaired) electrons.